The number of phenolic OH excluding ortho intramolecular Hbond substituents is 4. The highest BCUT2D eigenvalue weighted by Crippen LogP contribution is 2.47. The van der Waals surface area contributed by atoms with Crippen molar-refractivity contribution in [3.63, 3.8) is 0 Å². The van der Waals surface area contributed by atoms with E-state index in [1.807, 2.05) is 97.1 Å². The van der Waals surface area contributed by atoms with Crippen LogP contribution in [0.5, 0.6) is 23.0 Å². The van der Waals surface area contributed by atoms with Crippen LogP contribution >= 0.6 is 0 Å². The van der Waals surface area contributed by atoms with E-state index in [0.717, 1.165) is 89.0 Å². The van der Waals surface area contributed by atoms with Gasteiger partial charge in [0.15, 0.2) is 23.3 Å². The zero-order valence-electron chi connectivity index (χ0n) is 41.0. The van der Waals surface area contributed by atoms with Crippen LogP contribution in [0.3, 0.4) is 0 Å². The lowest BCUT2D eigenvalue weighted by Gasteiger charge is -2.37. The summed E-state index contributed by atoms with van der Waals surface area (Å²) < 4.78 is 0. The van der Waals surface area contributed by atoms with Crippen molar-refractivity contribution in [2.45, 2.75) is 5.41 Å². The van der Waals surface area contributed by atoms with Crippen LogP contribution in [0.2, 0.25) is 0 Å². The SMILES string of the molecule is Oc1ccc(-c2cnc(-c3ccc(C(c4ccc(-c5ncc(-c6ccc(O)cc6)cn5)cc4)(c4ccc(-c5ncc(-c6ccc(O)cc6)cn5)cc4)c4ccc(-c5ncc(-c6ccc(O)cc6)cn5)cc4)cc3)nc2)cc1. The van der Waals surface area contributed by atoms with Gasteiger partial charge in [-0.25, -0.2) is 39.9 Å². The Balaban J connectivity index is 0.970. The maximum Gasteiger partial charge on any atom is 0.159 e. The standard InChI is InChI=1S/C65H44N8O4/c74-57-25-9-41(10-26-57)49-33-66-61(67-34-49)45-1-17-53(18-2-45)65(54-19-3-46(4-20-54)62-68-35-50(36-69-62)42-11-27-58(75)28-12-42,55-21-5-47(6-22-55)63-70-37-51(38-71-63)43-13-29-59(76)30-14-43)56-23-7-48(8-24-56)64-72-39-52(40-73-64)44-15-31-60(77)32-16-44/h1-40,74-77H. The third kappa shape index (κ3) is 9.57. The predicted molar refractivity (Wildman–Crippen MR) is 297 cm³/mol. The molecular weight excluding hydrogens is 957 g/mol. The second-order valence-electron chi connectivity index (χ2n) is 18.4. The van der Waals surface area contributed by atoms with E-state index in [2.05, 4.69) is 48.5 Å². The monoisotopic (exact) mass is 1000 g/mol. The molecule has 0 atom stereocenters. The number of phenols is 4. The molecule has 4 N–H and O–H groups in total. The van der Waals surface area contributed by atoms with Gasteiger partial charge in [-0.2, -0.15) is 0 Å². The van der Waals surface area contributed by atoms with Gasteiger partial charge in [0.1, 0.15) is 23.0 Å². The first-order chi connectivity index (χ1) is 37.7. The van der Waals surface area contributed by atoms with Gasteiger partial charge in [0.2, 0.25) is 0 Å². The zero-order chi connectivity index (χ0) is 52.3. The van der Waals surface area contributed by atoms with E-state index >= 15 is 0 Å². The average Bonchev–Trinajstić information content (AvgIpc) is 3.51. The van der Waals surface area contributed by atoms with Crippen molar-refractivity contribution in [1.29, 1.82) is 0 Å². The first-order valence-electron chi connectivity index (χ1n) is 24.6. The number of hydrogen-bond acceptors (Lipinski definition) is 12. The molecule has 4 heterocycles. The molecule has 4 aromatic heterocycles. The van der Waals surface area contributed by atoms with Gasteiger partial charge in [-0.1, -0.05) is 146 Å². The molecule has 12 heteroatoms. The minimum atomic E-state index is -0.936. The Bertz CT molecular complexity index is 3430. The quantitative estimate of drug-likeness (QED) is 0.0851. The summed E-state index contributed by atoms with van der Waals surface area (Å²) in [5, 5.41) is 39.4. The van der Waals surface area contributed by atoms with Crippen molar-refractivity contribution in [3.8, 4) is 113 Å². The number of aromatic hydroxyl groups is 4. The lowest BCUT2D eigenvalue weighted by molar-refractivity contribution is 0.475. The summed E-state index contributed by atoms with van der Waals surface area (Å²) in [6.07, 6.45) is 14.3. The van der Waals surface area contributed by atoms with E-state index in [4.69, 9.17) is 39.9 Å². The van der Waals surface area contributed by atoms with E-state index in [0.29, 0.717) is 23.3 Å². The number of aromatic nitrogens is 8. The molecule has 0 unspecified atom stereocenters. The molecule has 77 heavy (non-hydrogen) atoms. The molecule has 0 spiro atoms. The van der Waals surface area contributed by atoms with Gasteiger partial charge in [-0.3, -0.25) is 0 Å². The Hall–Kier alpha value is -10.7. The zero-order valence-corrected chi connectivity index (χ0v) is 41.0. The van der Waals surface area contributed by atoms with Gasteiger partial charge in [0.25, 0.3) is 0 Å². The van der Waals surface area contributed by atoms with Crippen LogP contribution in [0.1, 0.15) is 22.3 Å². The van der Waals surface area contributed by atoms with Gasteiger partial charge >= 0.3 is 0 Å². The van der Waals surface area contributed by atoms with E-state index in [9.17, 15) is 20.4 Å². The van der Waals surface area contributed by atoms with Crippen LogP contribution in [0.15, 0.2) is 244 Å². The summed E-state index contributed by atoms with van der Waals surface area (Å²) in [4.78, 5) is 38.1. The van der Waals surface area contributed by atoms with Gasteiger partial charge < -0.3 is 20.4 Å². The molecule has 0 aliphatic carbocycles. The maximum atomic E-state index is 9.85. The smallest absolute Gasteiger partial charge is 0.159 e. The summed E-state index contributed by atoms with van der Waals surface area (Å²) in [6.45, 7) is 0. The molecular formula is C65H44N8O4. The number of nitrogens with zero attached hydrogens (tertiary/aromatic N) is 8. The second kappa shape index (κ2) is 20.3. The summed E-state index contributed by atoms with van der Waals surface area (Å²) in [5.41, 5.74) is 13.1. The van der Waals surface area contributed by atoms with Crippen molar-refractivity contribution < 1.29 is 20.4 Å². The van der Waals surface area contributed by atoms with E-state index in [-0.39, 0.29) is 23.0 Å². The molecule has 0 fully saturated rings. The molecule has 12 aromatic rings. The minimum absolute atomic E-state index is 0.190. The minimum Gasteiger partial charge on any atom is -0.508 e. The molecule has 0 aliphatic rings. The largest absolute Gasteiger partial charge is 0.508 e. The fourth-order valence-corrected chi connectivity index (χ4v) is 9.60. The number of rotatable bonds is 12. The van der Waals surface area contributed by atoms with Gasteiger partial charge in [-0.15, -0.1) is 0 Å². The molecule has 0 saturated heterocycles. The molecule has 368 valence electrons. The predicted octanol–water partition coefficient (Wildman–Crippen LogP) is 13.4. The third-order valence-electron chi connectivity index (χ3n) is 13.7. The number of hydrogen-bond donors (Lipinski definition) is 4. The Kier molecular flexibility index (Phi) is 12.5. The van der Waals surface area contributed by atoms with Crippen LogP contribution < -0.4 is 0 Å². The third-order valence-corrected chi connectivity index (χ3v) is 13.7. The highest BCUT2D eigenvalue weighted by molar-refractivity contribution is 5.72. The van der Waals surface area contributed by atoms with Crippen molar-refractivity contribution in [2.24, 2.45) is 0 Å². The topological polar surface area (TPSA) is 184 Å². The van der Waals surface area contributed by atoms with Crippen LogP contribution in [-0.4, -0.2) is 60.3 Å². The Labute approximate surface area is 442 Å². The molecule has 0 saturated carbocycles. The van der Waals surface area contributed by atoms with Crippen LogP contribution in [0, 0.1) is 0 Å². The van der Waals surface area contributed by atoms with Crippen LogP contribution in [0.25, 0.3) is 90.1 Å². The lowest BCUT2D eigenvalue weighted by Crippen LogP contribution is -2.31. The second-order valence-corrected chi connectivity index (χ2v) is 18.4. The Morgan fingerprint density at radius 3 is 0.506 bits per heavy atom. The molecule has 0 amide bonds. The molecule has 0 radical (unpaired) electrons. The highest BCUT2D eigenvalue weighted by Gasteiger charge is 2.39. The highest BCUT2D eigenvalue weighted by atomic mass is 16.3. The Morgan fingerprint density at radius 2 is 0.338 bits per heavy atom. The summed E-state index contributed by atoms with van der Waals surface area (Å²) in [7, 11) is 0. The summed E-state index contributed by atoms with van der Waals surface area (Å²) in [6, 6.07) is 61.2. The lowest BCUT2D eigenvalue weighted by atomic mass is 9.64. The molecule has 0 aliphatic heterocycles. The molecule has 12 rings (SSSR count). The van der Waals surface area contributed by atoms with Crippen LogP contribution in [-0.2, 0) is 5.41 Å². The average molecular weight is 1000 g/mol. The van der Waals surface area contributed by atoms with E-state index in [1.165, 1.54) is 0 Å². The van der Waals surface area contributed by atoms with Crippen molar-refractivity contribution >= 4 is 0 Å². The van der Waals surface area contributed by atoms with Crippen molar-refractivity contribution in [2.75, 3.05) is 0 Å². The van der Waals surface area contributed by atoms with Gasteiger partial charge in [0, 0.05) is 94.1 Å². The summed E-state index contributed by atoms with van der Waals surface area (Å²) in [5.74, 6) is 3.01. The Morgan fingerprint density at radius 1 is 0.182 bits per heavy atom. The summed E-state index contributed by atoms with van der Waals surface area (Å²) >= 11 is 0. The first-order valence-corrected chi connectivity index (χ1v) is 24.6. The van der Waals surface area contributed by atoms with Crippen molar-refractivity contribution in [3.05, 3.63) is 266 Å². The fraction of sp³-hybridized carbons (Fsp3) is 0.0154. The first kappa shape index (κ1) is 47.3. The molecule has 0 bridgehead atoms. The van der Waals surface area contributed by atoms with Gasteiger partial charge in [-0.05, 0) is 93.0 Å². The number of benzene rings is 8. The van der Waals surface area contributed by atoms with Crippen molar-refractivity contribution in [1.82, 2.24) is 39.9 Å². The molecule has 12 nitrogen and oxygen atoms in total. The van der Waals surface area contributed by atoms with E-state index < -0.39 is 5.41 Å². The van der Waals surface area contributed by atoms with Crippen LogP contribution in [0.4, 0.5) is 0 Å². The maximum absolute atomic E-state index is 9.85. The normalized spacial score (nSPS) is 11.3. The molecule has 8 aromatic carbocycles. The van der Waals surface area contributed by atoms with E-state index in [1.54, 1.807) is 98.1 Å². The van der Waals surface area contributed by atoms with Gasteiger partial charge in [0.05, 0.1) is 5.41 Å². The fourth-order valence-electron chi connectivity index (χ4n) is 9.60.